The molecule has 0 aliphatic carbocycles. The molecule has 4 rings (SSSR count). The van der Waals surface area contributed by atoms with Crippen LogP contribution in [0.4, 0.5) is 0 Å². The molecule has 1 saturated heterocycles. The smallest absolute Gasteiger partial charge is 0.150 e. The average Bonchev–Trinajstić information content (AvgIpc) is 3.28. The summed E-state index contributed by atoms with van der Waals surface area (Å²) < 4.78 is 5.92. The van der Waals surface area contributed by atoms with Crippen LogP contribution in [-0.4, -0.2) is 51.6 Å². The number of ether oxygens (including phenoxy) is 1. The Morgan fingerprint density at radius 2 is 1.84 bits per heavy atom. The van der Waals surface area contributed by atoms with Gasteiger partial charge in [0, 0.05) is 21.7 Å². The predicted molar refractivity (Wildman–Crippen MR) is 128 cm³/mol. The van der Waals surface area contributed by atoms with Gasteiger partial charge in [0.15, 0.2) is 0 Å². The van der Waals surface area contributed by atoms with Crippen molar-refractivity contribution >= 4 is 29.4 Å². The van der Waals surface area contributed by atoms with E-state index in [9.17, 15) is 20.1 Å². The SMILES string of the molecule is CS[C@H]1O[C@@H](c2ccc(C)c(Cc3ccc(-c4cccc(C=O)c4)s3)c2)[C@H](O)[C@@H](O)[C@@H]1O. The highest BCUT2D eigenvalue weighted by Crippen LogP contribution is 2.37. The zero-order valence-electron chi connectivity index (χ0n) is 17.8. The van der Waals surface area contributed by atoms with Crippen molar-refractivity contribution in [1.82, 2.24) is 0 Å². The van der Waals surface area contributed by atoms with Gasteiger partial charge in [-0.2, -0.15) is 0 Å². The van der Waals surface area contributed by atoms with Gasteiger partial charge in [-0.15, -0.1) is 23.1 Å². The van der Waals surface area contributed by atoms with Crippen LogP contribution in [-0.2, 0) is 11.2 Å². The predicted octanol–water partition coefficient (Wildman–Crippen LogP) is 3.97. The van der Waals surface area contributed by atoms with Crippen LogP contribution in [0, 0.1) is 6.92 Å². The lowest BCUT2D eigenvalue weighted by molar-refractivity contribution is -0.200. The zero-order chi connectivity index (χ0) is 22.8. The molecule has 0 radical (unpaired) electrons. The maximum absolute atomic E-state index is 11.1. The number of benzene rings is 2. The van der Waals surface area contributed by atoms with Gasteiger partial charge < -0.3 is 20.1 Å². The summed E-state index contributed by atoms with van der Waals surface area (Å²) in [5.41, 5.74) is 4.07. The second kappa shape index (κ2) is 9.87. The molecule has 0 unspecified atom stereocenters. The van der Waals surface area contributed by atoms with Crippen LogP contribution in [0.2, 0.25) is 0 Å². The molecule has 2 heterocycles. The Morgan fingerprint density at radius 3 is 2.59 bits per heavy atom. The van der Waals surface area contributed by atoms with Gasteiger partial charge in [0.1, 0.15) is 36.1 Å². The third kappa shape index (κ3) is 4.69. The van der Waals surface area contributed by atoms with E-state index in [4.69, 9.17) is 4.74 Å². The number of aldehydes is 1. The summed E-state index contributed by atoms with van der Waals surface area (Å²) in [7, 11) is 0. The highest BCUT2D eigenvalue weighted by Gasteiger charge is 2.44. The molecule has 0 bridgehead atoms. The molecule has 5 atom stereocenters. The molecular weight excluding hydrogens is 444 g/mol. The third-order valence-electron chi connectivity index (χ3n) is 5.84. The van der Waals surface area contributed by atoms with Gasteiger partial charge in [-0.25, -0.2) is 0 Å². The van der Waals surface area contributed by atoms with Gasteiger partial charge in [0.05, 0.1) is 0 Å². The molecule has 3 aromatic rings. The number of aryl methyl sites for hydroxylation is 1. The van der Waals surface area contributed by atoms with Crippen molar-refractivity contribution in [3.63, 3.8) is 0 Å². The molecule has 1 aliphatic heterocycles. The molecule has 1 aliphatic rings. The molecular formula is C25H26O5S2. The summed E-state index contributed by atoms with van der Waals surface area (Å²) >= 11 is 2.99. The van der Waals surface area contributed by atoms with Gasteiger partial charge in [0.2, 0.25) is 0 Å². The number of hydrogen-bond donors (Lipinski definition) is 3. The van der Waals surface area contributed by atoms with E-state index in [-0.39, 0.29) is 0 Å². The lowest BCUT2D eigenvalue weighted by Gasteiger charge is -2.40. The monoisotopic (exact) mass is 470 g/mol. The zero-order valence-corrected chi connectivity index (χ0v) is 19.5. The number of carbonyl (C=O) groups excluding carboxylic acids is 1. The number of thioether (sulfide) groups is 1. The summed E-state index contributed by atoms with van der Waals surface area (Å²) in [4.78, 5) is 13.4. The minimum atomic E-state index is -1.27. The Balaban J connectivity index is 1.57. The van der Waals surface area contributed by atoms with E-state index in [1.54, 1.807) is 23.7 Å². The van der Waals surface area contributed by atoms with Crippen LogP contribution in [0.3, 0.4) is 0 Å². The van der Waals surface area contributed by atoms with Gasteiger partial charge >= 0.3 is 0 Å². The Kier molecular flexibility index (Phi) is 7.14. The van der Waals surface area contributed by atoms with Crippen LogP contribution in [0.5, 0.6) is 0 Å². The minimum Gasteiger partial charge on any atom is -0.387 e. The molecule has 2 aromatic carbocycles. The van der Waals surface area contributed by atoms with Gasteiger partial charge in [-0.3, -0.25) is 4.79 Å². The maximum Gasteiger partial charge on any atom is 0.150 e. The first-order chi connectivity index (χ1) is 15.4. The molecule has 3 N–H and O–H groups in total. The Hall–Kier alpha value is -2.00. The van der Waals surface area contributed by atoms with Gasteiger partial charge in [-0.05, 0) is 53.6 Å². The van der Waals surface area contributed by atoms with E-state index in [2.05, 4.69) is 12.1 Å². The van der Waals surface area contributed by atoms with Crippen LogP contribution in [0.25, 0.3) is 10.4 Å². The second-order valence-electron chi connectivity index (χ2n) is 8.00. The van der Waals surface area contributed by atoms with Crippen LogP contribution >= 0.6 is 23.1 Å². The second-order valence-corrected chi connectivity index (χ2v) is 10.1. The van der Waals surface area contributed by atoms with Crippen molar-refractivity contribution in [2.24, 2.45) is 0 Å². The number of thiophene rings is 1. The Labute approximate surface area is 195 Å². The van der Waals surface area contributed by atoms with Crippen molar-refractivity contribution in [2.75, 3.05) is 6.26 Å². The molecule has 5 nitrogen and oxygen atoms in total. The van der Waals surface area contributed by atoms with Crippen LogP contribution in [0.1, 0.15) is 38.0 Å². The van der Waals surface area contributed by atoms with Crippen molar-refractivity contribution < 1.29 is 24.9 Å². The lowest BCUT2D eigenvalue weighted by Crippen LogP contribution is -2.52. The fourth-order valence-corrected chi connectivity index (χ4v) is 5.66. The van der Waals surface area contributed by atoms with E-state index in [1.165, 1.54) is 16.6 Å². The third-order valence-corrected chi connectivity index (χ3v) is 7.83. The van der Waals surface area contributed by atoms with Crippen LogP contribution < -0.4 is 0 Å². The first-order valence-electron chi connectivity index (χ1n) is 10.4. The molecule has 32 heavy (non-hydrogen) atoms. The summed E-state index contributed by atoms with van der Waals surface area (Å²) in [6.45, 7) is 2.04. The largest absolute Gasteiger partial charge is 0.387 e. The Bertz CT molecular complexity index is 1090. The van der Waals surface area contributed by atoms with E-state index >= 15 is 0 Å². The van der Waals surface area contributed by atoms with Gasteiger partial charge in [0.25, 0.3) is 0 Å². The number of rotatable bonds is 6. The quantitative estimate of drug-likeness (QED) is 0.473. The van der Waals surface area contributed by atoms with Crippen LogP contribution in [0.15, 0.2) is 54.6 Å². The summed E-state index contributed by atoms with van der Waals surface area (Å²) in [5, 5.41) is 30.9. The molecule has 0 amide bonds. The van der Waals surface area contributed by atoms with E-state index < -0.39 is 29.9 Å². The van der Waals surface area contributed by atoms with E-state index in [0.29, 0.717) is 5.56 Å². The highest BCUT2D eigenvalue weighted by atomic mass is 32.2. The molecule has 0 spiro atoms. The fraction of sp³-hybridized carbons (Fsp3) is 0.320. The summed E-state index contributed by atoms with van der Waals surface area (Å²) in [5.74, 6) is 0. The normalized spacial score (nSPS) is 25.6. The fourth-order valence-electron chi connectivity index (χ4n) is 3.96. The molecule has 7 heteroatoms. The van der Waals surface area contributed by atoms with Crippen molar-refractivity contribution in [3.8, 4) is 10.4 Å². The Morgan fingerprint density at radius 1 is 1.03 bits per heavy atom. The van der Waals surface area contributed by atoms with E-state index in [1.807, 2.05) is 43.3 Å². The molecule has 168 valence electrons. The standard InChI is InChI=1S/C25H26O5S2/c1-14-6-7-17(24-22(28)21(27)23(29)25(30-24)31-2)11-18(14)12-19-8-9-20(32-19)16-5-3-4-15(10-16)13-26/h3-11,13,21-25,27-29H,12H2,1-2H3/t21-,22-,23+,24+,25-/m1/s1. The topological polar surface area (TPSA) is 87.0 Å². The summed E-state index contributed by atoms with van der Waals surface area (Å²) in [6.07, 6.45) is -0.946. The van der Waals surface area contributed by atoms with Crippen molar-refractivity contribution in [3.05, 3.63) is 81.7 Å². The first-order valence-corrected chi connectivity index (χ1v) is 12.5. The lowest BCUT2D eigenvalue weighted by atomic mass is 9.92. The number of aliphatic hydroxyl groups excluding tert-OH is 3. The first kappa shape index (κ1) is 23.2. The molecule has 1 fully saturated rings. The maximum atomic E-state index is 11.1. The highest BCUT2D eigenvalue weighted by molar-refractivity contribution is 7.99. The van der Waals surface area contributed by atoms with Crippen molar-refractivity contribution in [1.29, 1.82) is 0 Å². The minimum absolute atomic E-state index is 0.606. The number of carbonyl (C=O) groups is 1. The van der Waals surface area contributed by atoms with Crippen molar-refractivity contribution in [2.45, 2.75) is 43.2 Å². The van der Waals surface area contributed by atoms with Gasteiger partial charge in [-0.1, -0.05) is 36.4 Å². The number of hydrogen-bond acceptors (Lipinski definition) is 7. The molecule has 0 saturated carbocycles. The average molecular weight is 471 g/mol. The van der Waals surface area contributed by atoms with E-state index in [0.717, 1.165) is 39.8 Å². The summed E-state index contributed by atoms with van der Waals surface area (Å²) in [6, 6.07) is 17.6. The molecule has 1 aromatic heterocycles. The number of aliphatic hydroxyl groups is 3.